The third-order valence-corrected chi connectivity index (χ3v) is 7.61. The van der Waals surface area contributed by atoms with E-state index in [0.717, 1.165) is 57.2 Å². The van der Waals surface area contributed by atoms with E-state index in [0.29, 0.717) is 28.3 Å². The molecule has 2 aromatic rings. The Morgan fingerprint density at radius 2 is 1.88 bits per heavy atom. The van der Waals surface area contributed by atoms with Gasteiger partial charge in [-0.05, 0) is 63.6 Å². The second kappa shape index (κ2) is 10.9. The van der Waals surface area contributed by atoms with Crippen LogP contribution in [0.15, 0.2) is 30.6 Å². The van der Waals surface area contributed by atoms with Gasteiger partial charge in [0.15, 0.2) is 0 Å². The van der Waals surface area contributed by atoms with E-state index in [2.05, 4.69) is 21.0 Å². The number of esters is 1. The lowest BCUT2D eigenvalue weighted by Crippen LogP contribution is -2.47. The van der Waals surface area contributed by atoms with Gasteiger partial charge in [-0.1, -0.05) is 29.3 Å². The number of halogens is 2. The largest absolute Gasteiger partial charge is 0.462 e. The van der Waals surface area contributed by atoms with E-state index in [1.54, 1.807) is 6.20 Å². The molecule has 0 unspecified atom stereocenters. The van der Waals surface area contributed by atoms with E-state index in [1.807, 2.05) is 29.9 Å². The molecule has 4 rings (SSSR count). The molecule has 1 aliphatic heterocycles. The fourth-order valence-corrected chi connectivity index (χ4v) is 5.28. The van der Waals surface area contributed by atoms with Gasteiger partial charge in [-0.2, -0.15) is 5.10 Å². The second-order valence-electron chi connectivity index (χ2n) is 8.79. The summed E-state index contributed by atoms with van der Waals surface area (Å²) < 4.78 is 7.03. The van der Waals surface area contributed by atoms with Crippen LogP contribution in [-0.2, 0) is 4.74 Å². The SMILES string of the molecule is CCOC(=O)c1cnn(C2CCC(CCN3CCN(c4cccc(Cl)c4Cl)CC3)CC2)c1. The van der Waals surface area contributed by atoms with Gasteiger partial charge in [-0.25, -0.2) is 4.79 Å². The van der Waals surface area contributed by atoms with Gasteiger partial charge in [-0.3, -0.25) is 9.58 Å². The molecule has 32 heavy (non-hydrogen) atoms. The summed E-state index contributed by atoms with van der Waals surface area (Å²) in [6, 6.07) is 6.25. The van der Waals surface area contributed by atoms with Gasteiger partial charge in [0.1, 0.15) is 0 Å². The number of carbonyl (C=O) groups excluding carboxylic acids is 1. The van der Waals surface area contributed by atoms with Gasteiger partial charge in [0.25, 0.3) is 0 Å². The topological polar surface area (TPSA) is 50.6 Å². The average Bonchev–Trinajstić information content (AvgIpc) is 3.31. The molecule has 174 valence electrons. The number of ether oxygens (including phenoxy) is 1. The minimum atomic E-state index is -0.287. The number of hydrogen-bond acceptors (Lipinski definition) is 5. The Kier molecular flexibility index (Phi) is 7.98. The maximum Gasteiger partial charge on any atom is 0.341 e. The molecule has 1 saturated carbocycles. The molecule has 2 heterocycles. The van der Waals surface area contributed by atoms with E-state index < -0.39 is 0 Å². The second-order valence-corrected chi connectivity index (χ2v) is 9.58. The first-order chi connectivity index (χ1) is 15.5. The molecule has 0 amide bonds. The summed E-state index contributed by atoms with van der Waals surface area (Å²) in [5.41, 5.74) is 1.59. The number of carbonyl (C=O) groups is 1. The fraction of sp³-hybridized carbons (Fsp3) is 0.583. The van der Waals surface area contributed by atoms with Crippen LogP contribution in [-0.4, -0.2) is 60.0 Å². The minimum absolute atomic E-state index is 0.287. The molecule has 1 aromatic carbocycles. The van der Waals surface area contributed by atoms with E-state index >= 15 is 0 Å². The van der Waals surface area contributed by atoms with Crippen molar-refractivity contribution in [3.63, 3.8) is 0 Å². The summed E-state index contributed by atoms with van der Waals surface area (Å²) in [7, 11) is 0. The van der Waals surface area contributed by atoms with Crippen LogP contribution >= 0.6 is 23.2 Å². The fourth-order valence-electron chi connectivity index (χ4n) is 4.87. The zero-order valence-corrected chi connectivity index (χ0v) is 20.2. The third-order valence-electron chi connectivity index (χ3n) is 6.80. The predicted molar refractivity (Wildman–Crippen MR) is 129 cm³/mol. The van der Waals surface area contributed by atoms with E-state index in [-0.39, 0.29) is 5.97 Å². The van der Waals surface area contributed by atoms with Gasteiger partial charge < -0.3 is 9.64 Å². The van der Waals surface area contributed by atoms with Crippen molar-refractivity contribution < 1.29 is 9.53 Å². The number of piperazine rings is 1. The zero-order chi connectivity index (χ0) is 22.5. The number of benzene rings is 1. The van der Waals surface area contributed by atoms with Crippen LogP contribution in [0.2, 0.25) is 10.0 Å². The first-order valence-corrected chi connectivity index (χ1v) is 12.4. The van der Waals surface area contributed by atoms with Crippen molar-refractivity contribution in [2.24, 2.45) is 5.92 Å². The van der Waals surface area contributed by atoms with Crippen molar-refractivity contribution in [2.45, 2.75) is 45.1 Å². The highest BCUT2D eigenvalue weighted by molar-refractivity contribution is 6.43. The highest BCUT2D eigenvalue weighted by Gasteiger charge is 2.25. The van der Waals surface area contributed by atoms with Crippen molar-refractivity contribution >= 4 is 34.9 Å². The van der Waals surface area contributed by atoms with E-state index in [4.69, 9.17) is 27.9 Å². The third kappa shape index (κ3) is 5.59. The van der Waals surface area contributed by atoms with E-state index in [9.17, 15) is 4.79 Å². The van der Waals surface area contributed by atoms with Crippen LogP contribution in [0.25, 0.3) is 0 Å². The Morgan fingerprint density at radius 3 is 2.59 bits per heavy atom. The number of nitrogens with zero attached hydrogens (tertiary/aromatic N) is 4. The molecule has 8 heteroatoms. The summed E-state index contributed by atoms with van der Waals surface area (Å²) in [4.78, 5) is 16.8. The van der Waals surface area contributed by atoms with Gasteiger partial charge in [0.2, 0.25) is 0 Å². The first kappa shape index (κ1) is 23.4. The normalized spacial score (nSPS) is 22.2. The molecule has 2 aliphatic rings. The van der Waals surface area contributed by atoms with Crippen molar-refractivity contribution in [1.29, 1.82) is 0 Å². The summed E-state index contributed by atoms with van der Waals surface area (Å²) in [6.07, 6.45) is 9.40. The van der Waals surface area contributed by atoms with Crippen LogP contribution < -0.4 is 4.90 Å². The Balaban J connectivity index is 1.18. The van der Waals surface area contributed by atoms with Crippen molar-refractivity contribution in [3.8, 4) is 0 Å². The van der Waals surface area contributed by atoms with Crippen molar-refractivity contribution in [3.05, 3.63) is 46.2 Å². The molecule has 0 radical (unpaired) electrons. The molecule has 1 saturated heterocycles. The van der Waals surface area contributed by atoms with Gasteiger partial charge in [0, 0.05) is 32.4 Å². The van der Waals surface area contributed by atoms with Crippen LogP contribution in [0.4, 0.5) is 5.69 Å². The monoisotopic (exact) mass is 478 g/mol. The molecular weight excluding hydrogens is 447 g/mol. The Hall–Kier alpha value is -1.76. The lowest BCUT2D eigenvalue weighted by molar-refractivity contribution is 0.0526. The maximum absolute atomic E-state index is 11.9. The van der Waals surface area contributed by atoms with Crippen LogP contribution in [0.5, 0.6) is 0 Å². The summed E-state index contributed by atoms with van der Waals surface area (Å²) in [5.74, 6) is 0.483. The molecule has 0 spiro atoms. The van der Waals surface area contributed by atoms with Gasteiger partial charge in [-0.15, -0.1) is 0 Å². The molecule has 0 N–H and O–H groups in total. The minimum Gasteiger partial charge on any atom is -0.462 e. The Morgan fingerprint density at radius 1 is 1.12 bits per heavy atom. The standard InChI is InChI=1S/C24H32Cl2N4O2/c1-2-32-24(31)19-16-27-30(17-19)20-8-6-18(7-9-20)10-11-28-12-14-29(15-13-28)22-5-3-4-21(25)23(22)26/h3-5,16-18,20H,2,6-15H2,1H3. The van der Waals surface area contributed by atoms with Crippen LogP contribution in [0, 0.1) is 5.92 Å². The molecule has 6 nitrogen and oxygen atoms in total. The molecule has 1 aromatic heterocycles. The summed E-state index contributed by atoms with van der Waals surface area (Å²) in [6.45, 7) is 7.44. The maximum atomic E-state index is 11.9. The van der Waals surface area contributed by atoms with Gasteiger partial charge in [0.05, 0.1) is 40.1 Å². The van der Waals surface area contributed by atoms with Crippen LogP contribution in [0.1, 0.15) is 55.4 Å². The average molecular weight is 479 g/mol. The zero-order valence-electron chi connectivity index (χ0n) is 18.7. The predicted octanol–water partition coefficient (Wildman–Crippen LogP) is 5.31. The lowest BCUT2D eigenvalue weighted by Gasteiger charge is -2.37. The number of rotatable bonds is 7. The highest BCUT2D eigenvalue weighted by atomic mass is 35.5. The first-order valence-electron chi connectivity index (χ1n) is 11.7. The number of anilines is 1. The molecule has 2 fully saturated rings. The van der Waals surface area contributed by atoms with Crippen LogP contribution in [0.3, 0.4) is 0 Å². The van der Waals surface area contributed by atoms with Crippen molar-refractivity contribution in [2.75, 3.05) is 44.2 Å². The summed E-state index contributed by atoms with van der Waals surface area (Å²) in [5, 5.41) is 5.69. The number of hydrogen-bond donors (Lipinski definition) is 0. The molecule has 0 bridgehead atoms. The highest BCUT2D eigenvalue weighted by Crippen LogP contribution is 2.35. The smallest absolute Gasteiger partial charge is 0.341 e. The lowest BCUT2D eigenvalue weighted by atomic mass is 9.84. The molecular formula is C24H32Cl2N4O2. The molecule has 1 aliphatic carbocycles. The van der Waals surface area contributed by atoms with Gasteiger partial charge >= 0.3 is 5.97 Å². The number of aromatic nitrogens is 2. The van der Waals surface area contributed by atoms with Crippen molar-refractivity contribution in [1.82, 2.24) is 14.7 Å². The summed E-state index contributed by atoms with van der Waals surface area (Å²) >= 11 is 12.6. The molecule has 0 atom stereocenters. The Labute approximate surface area is 200 Å². The Bertz CT molecular complexity index is 903. The van der Waals surface area contributed by atoms with E-state index in [1.165, 1.54) is 19.3 Å². The quantitative estimate of drug-likeness (QED) is 0.504.